The number of halogens is 2. The zero-order valence-electron chi connectivity index (χ0n) is 22.0. The van der Waals surface area contributed by atoms with Crippen LogP contribution in [0.4, 0.5) is 4.39 Å². The minimum absolute atomic E-state index is 0.183. The molecule has 8 heteroatoms. The Morgan fingerprint density at radius 2 is 1.76 bits per heavy atom. The number of carbonyl (C=O) groups excluding carboxylic acids is 1. The van der Waals surface area contributed by atoms with E-state index in [0.29, 0.717) is 47.4 Å². The number of sulfonamides is 1. The number of hydrogen-bond donors (Lipinski definition) is 1. The van der Waals surface area contributed by atoms with Crippen molar-refractivity contribution >= 4 is 31.9 Å². The predicted octanol–water partition coefficient (Wildman–Crippen LogP) is 6.73. The Kier molecular flexibility index (Phi) is 9.06. The Labute approximate surface area is 233 Å². The number of nitrogens with zero attached hydrogens (tertiary/aromatic N) is 1. The normalized spacial score (nSPS) is 15.8. The van der Waals surface area contributed by atoms with Crippen molar-refractivity contribution in [1.82, 2.24) is 9.62 Å². The van der Waals surface area contributed by atoms with Crippen molar-refractivity contribution < 1.29 is 17.6 Å². The van der Waals surface area contributed by atoms with Crippen molar-refractivity contribution in [3.05, 3.63) is 98.8 Å². The SMILES string of the molecule is Cc1cc(C(=O)NC(CCc2ccccc2)c2ccc(F)c(Br)c2)cc(S(=O)(=O)N2CCC(C)CC2)c1C. The topological polar surface area (TPSA) is 66.5 Å². The van der Waals surface area contributed by atoms with Crippen LogP contribution < -0.4 is 5.32 Å². The molecule has 38 heavy (non-hydrogen) atoms. The highest BCUT2D eigenvalue weighted by Gasteiger charge is 2.30. The van der Waals surface area contributed by atoms with Crippen LogP contribution >= 0.6 is 15.9 Å². The first-order valence-electron chi connectivity index (χ1n) is 13.0. The fourth-order valence-electron chi connectivity index (χ4n) is 4.84. The van der Waals surface area contributed by atoms with Crippen LogP contribution in [0.5, 0.6) is 0 Å². The predicted molar refractivity (Wildman–Crippen MR) is 152 cm³/mol. The first-order valence-corrected chi connectivity index (χ1v) is 15.2. The summed E-state index contributed by atoms with van der Waals surface area (Å²) in [7, 11) is -3.73. The number of piperidine rings is 1. The van der Waals surface area contributed by atoms with Gasteiger partial charge >= 0.3 is 0 Å². The molecule has 5 nitrogen and oxygen atoms in total. The van der Waals surface area contributed by atoms with Gasteiger partial charge in [0.1, 0.15) is 5.82 Å². The molecule has 0 aromatic heterocycles. The maximum atomic E-state index is 14.0. The van der Waals surface area contributed by atoms with Crippen molar-refractivity contribution in [3.8, 4) is 0 Å². The van der Waals surface area contributed by atoms with Gasteiger partial charge in [-0.3, -0.25) is 4.79 Å². The summed E-state index contributed by atoms with van der Waals surface area (Å²) in [6.07, 6.45) is 2.96. The molecule has 3 aromatic carbocycles. The summed E-state index contributed by atoms with van der Waals surface area (Å²) >= 11 is 3.25. The molecule has 1 saturated heterocycles. The number of benzene rings is 3. The Balaban J connectivity index is 1.62. The number of aryl methyl sites for hydroxylation is 2. The van der Waals surface area contributed by atoms with Gasteiger partial charge in [-0.15, -0.1) is 0 Å². The fraction of sp³-hybridized carbons (Fsp3) is 0.367. The highest BCUT2D eigenvalue weighted by molar-refractivity contribution is 9.10. The van der Waals surface area contributed by atoms with E-state index >= 15 is 0 Å². The first kappa shape index (κ1) is 28.5. The van der Waals surface area contributed by atoms with Gasteiger partial charge in [0.15, 0.2) is 0 Å². The maximum absolute atomic E-state index is 14.0. The minimum Gasteiger partial charge on any atom is -0.345 e. The molecule has 1 fully saturated rings. The van der Waals surface area contributed by atoms with Gasteiger partial charge in [0.2, 0.25) is 10.0 Å². The second-order valence-corrected chi connectivity index (χ2v) is 13.0. The van der Waals surface area contributed by atoms with E-state index in [9.17, 15) is 17.6 Å². The molecule has 1 atom stereocenters. The van der Waals surface area contributed by atoms with E-state index in [-0.39, 0.29) is 16.6 Å². The van der Waals surface area contributed by atoms with Gasteiger partial charge < -0.3 is 5.32 Å². The number of hydrogen-bond acceptors (Lipinski definition) is 3. The molecule has 0 saturated carbocycles. The van der Waals surface area contributed by atoms with Gasteiger partial charge in [-0.1, -0.05) is 43.3 Å². The fourth-order valence-corrected chi connectivity index (χ4v) is 7.03. The van der Waals surface area contributed by atoms with E-state index < -0.39 is 16.1 Å². The largest absolute Gasteiger partial charge is 0.345 e. The van der Waals surface area contributed by atoms with Crippen molar-refractivity contribution in [1.29, 1.82) is 0 Å². The molecule has 4 rings (SSSR count). The van der Waals surface area contributed by atoms with Crippen LogP contribution in [0.3, 0.4) is 0 Å². The van der Waals surface area contributed by atoms with Crippen LogP contribution in [0.2, 0.25) is 0 Å². The summed E-state index contributed by atoms with van der Waals surface area (Å²) in [4.78, 5) is 13.7. The van der Waals surface area contributed by atoms with Gasteiger partial charge in [0.25, 0.3) is 5.91 Å². The van der Waals surface area contributed by atoms with Crippen LogP contribution in [0, 0.1) is 25.6 Å². The van der Waals surface area contributed by atoms with E-state index in [2.05, 4.69) is 28.2 Å². The van der Waals surface area contributed by atoms with Gasteiger partial charge in [0, 0.05) is 18.7 Å². The van der Waals surface area contributed by atoms with Gasteiger partial charge in [0.05, 0.1) is 15.4 Å². The number of rotatable bonds is 8. The average molecular weight is 602 g/mol. The third-order valence-electron chi connectivity index (χ3n) is 7.46. The minimum atomic E-state index is -3.73. The summed E-state index contributed by atoms with van der Waals surface area (Å²) in [5.41, 5.74) is 3.59. The molecule has 202 valence electrons. The Bertz CT molecular complexity index is 1400. The quantitative estimate of drug-likeness (QED) is 0.312. The van der Waals surface area contributed by atoms with Crippen LogP contribution in [0.25, 0.3) is 0 Å². The van der Waals surface area contributed by atoms with Crippen LogP contribution in [-0.2, 0) is 16.4 Å². The lowest BCUT2D eigenvalue weighted by molar-refractivity contribution is 0.0934. The van der Waals surface area contributed by atoms with Crippen LogP contribution in [-0.4, -0.2) is 31.7 Å². The van der Waals surface area contributed by atoms with Crippen LogP contribution in [0.15, 0.2) is 70.0 Å². The molecule has 1 aliphatic heterocycles. The Morgan fingerprint density at radius 1 is 1.08 bits per heavy atom. The number of amides is 1. The summed E-state index contributed by atoms with van der Waals surface area (Å²) < 4.78 is 43.0. The molecular formula is C30H34BrFN2O3S. The lowest BCUT2D eigenvalue weighted by Gasteiger charge is -2.30. The Morgan fingerprint density at radius 3 is 2.42 bits per heavy atom. The van der Waals surface area contributed by atoms with E-state index in [4.69, 9.17) is 0 Å². The summed E-state index contributed by atoms with van der Waals surface area (Å²) in [5, 5.41) is 3.09. The van der Waals surface area contributed by atoms with Gasteiger partial charge in [-0.25, -0.2) is 12.8 Å². The molecule has 1 amide bonds. The zero-order valence-corrected chi connectivity index (χ0v) is 24.4. The van der Waals surface area contributed by atoms with E-state index in [1.165, 1.54) is 16.4 Å². The van der Waals surface area contributed by atoms with Crippen molar-refractivity contribution in [2.24, 2.45) is 5.92 Å². The van der Waals surface area contributed by atoms with Crippen molar-refractivity contribution in [3.63, 3.8) is 0 Å². The number of nitrogens with one attached hydrogen (secondary N) is 1. The van der Waals surface area contributed by atoms with E-state index in [1.54, 1.807) is 25.1 Å². The molecule has 0 radical (unpaired) electrons. The second kappa shape index (κ2) is 12.1. The third kappa shape index (κ3) is 6.53. The highest BCUT2D eigenvalue weighted by atomic mass is 79.9. The van der Waals surface area contributed by atoms with E-state index in [1.807, 2.05) is 37.3 Å². The molecular weight excluding hydrogens is 567 g/mol. The number of carbonyl (C=O) groups is 1. The molecule has 1 unspecified atom stereocenters. The highest BCUT2D eigenvalue weighted by Crippen LogP contribution is 2.29. The third-order valence-corrected chi connectivity index (χ3v) is 10.1. The van der Waals surface area contributed by atoms with Crippen molar-refractivity contribution in [2.75, 3.05) is 13.1 Å². The lowest BCUT2D eigenvalue weighted by Crippen LogP contribution is -2.38. The average Bonchev–Trinajstić information content (AvgIpc) is 2.90. The standard InChI is InChI=1S/C30H34BrFN2O3S/c1-20-13-15-34(16-14-20)38(36,37)29-19-25(17-21(2)22(29)3)30(35)33-28(12-9-23-7-5-4-6-8-23)24-10-11-27(32)26(31)18-24/h4-8,10-11,17-20,28H,9,12-16H2,1-3H3,(H,33,35). The molecule has 0 spiro atoms. The molecule has 1 heterocycles. The Hall–Kier alpha value is -2.55. The summed E-state index contributed by atoms with van der Waals surface area (Å²) in [6, 6.07) is 17.5. The smallest absolute Gasteiger partial charge is 0.251 e. The van der Waals surface area contributed by atoms with Gasteiger partial charge in [-0.05, 0) is 108 Å². The molecule has 0 bridgehead atoms. The van der Waals surface area contributed by atoms with E-state index in [0.717, 1.165) is 29.5 Å². The zero-order chi connectivity index (χ0) is 27.4. The second-order valence-electron chi connectivity index (χ2n) is 10.2. The summed E-state index contributed by atoms with van der Waals surface area (Å²) in [6.45, 7) is 6.72. The molecule has 1 aliphatic rings. The molecule has 0 aliphatic carbocycles. The summed E-state index contributed by atoms with van der Waals surface area (Å²) in [5.74, 6) is -0.242. The first-order chi connectivity index (χ1) is 18.1. The monoisotopic (exact) mass is 600 g/mol. The van der Waals surface area contributed by atoms with Crippen LogP contribution in [0.1, 0.15) is 64.8 Å². The molecule has 3 aromatic rings. The molecule has 1 N–H and O–H groups in total. The van der Waals surface area contributed by atoms with Gasteiger partial charge in [-0.2, -0.15) is 4.31 Å². The lowest BCUT2D eigenvalue weighted by atomic mass is 9.98. The maximum Gasteiger partial charge on any atom is 0.251 e. The van der Waals surface area contributed by atoms with Crippen molar-refractivity contribution in [2.45, 2.75) is 57.4 Å².